The molecule has 0 aliphatic carbocycles. The molecule has 0 saturated carbocycles. The third-order valence-electron chi connectivity index (χ3n) is 10.4. The Morgan fingerprint density at radius 2 is 0.880 bits per heavy atom. The maximum atomic E-state index is 5.60. The molecule has 6 aromatic carbocycles. The molecule has 7 heteroatoms. The molecule has 0 aromatic heterocycles. The van der Waals surface area contributed by atoms with Crippen molar-refractivity contribution in [1.29, 1.82) is 0 Å². The van der Waals surface area contributed by atoms with E-state index in [1.165, 1.54) is 33.4 Å². The zero-order chi connectivity index (χ0) is 34.0. The first-order valence-electron chi connectivity index (χ1n) is 17.2. The Morgan fingerprint density at radius 1 is 0.480 bits per heavy atom. The molecule has 0 amide bonds. The maximum absolute atomic E-state index is 5.60. The quantitative estimate of drug-likeness (QED) is 0.116. The molecule has 2 atom stereocenters. The zero-order valence-corrected chi connectivity index (χ0v) is 29.3. The second-order valence-corrected chi connectivity index (χ2v) is 15.8. The summed E-state index contributed by atoms with van der Waals surface area (Å²) in [4.78, 5) is 0. The van der Waals surface area contributed by atoms with Crippen molar-refractivity contribution in [2.75, 3.05) is 14.2 Å². The summed E-state index contributed by atoms with van der Waals surface area (Å²) in [6.45, 7) is 0. The van der Waals surface area contributed by atoms with E-state index in [1.54, 1.807) is 14.2 Å². The second-order valence-electron chi connectivity index (χ2n) is 13.2. The summed E-state index contributed by atoms with van der Waals surface area (Å²) < 4.78 is 11.1. The van der Waals surface area contributed by atoms with Crippen LogP contribution in [-0.4, -0.2) is 20.3 Å². The van der Waals surface area contributed by atoms with Crippen LogP contribution in [0.4, 0.5) is 0 Å². The fourth-order valence-electron chi connectivity index (χ4n) is 8.16. The van der Waals surface area contributed by atoms with Gasteiger partial charge in [0, 0.05) is 0 Å². The van der Waals surface area contributed by atoms with Crippen LogP contribution in [0.3, 0.4) is 0 Å². The van der Waals surface area contributed by atoms with Crippen LogP contribution in [0.5, 0.6) is 11.5 Å². The number of benzene rings is 6. The van der Waals surface area contributed by atoms with E-state index < -0.39 is 18.9 Å². The molecule has 2 aliphatic rings. The van der Waals surface area contributed by atoms with Gasteiger partial charge in [0.1, 0.15) is 0 Å². The Balaban J connectivity index is 1.34. The molecule has 50 heavy (non-hydrogen) atoms. The van der Waals surface area contributed by atoms with Gasteiger partial charge in [0.05, 0.1) is 0 Å². The normalized spacial score (nSPS) is 20.7. The van der Waals surface area contributed by atoms with E-state index in [9.17, 15) is 0 Å². The third-order valence-corrected chi connectivity index (χ3v) is 13.5. The van der Waals surface area contributed by atoms with Gasteiger partial charge < -0.3 is 0 Å². The van der Waals surface area contributed by atoms with Crippen molar-refractivity contribution in [3.63, 3.8) is 0 Å². The molecular formula is C43H43N4O2P. The summed E-state index contributed by atoms with van der Waals surface area (Å²) in [5, 5.41) is 17.3. The molecule has 2 saturated heterocycles. The molecule has 8 rings (SSSR count). The summed E-state index contributed by atoms with van der Waals surface area (Å²) in [7, 11) is 0.399. The standard InChI is InChI=1S/C43H43N4O2P/c1-48-38-27-23-32(24-28-38)31-40-42(34-15-7-3-8-16-34,35-17-9-4-10-18-35)46-50(44-40)45-41(33-25-29-39(49-2)30-26-33)43(47-50,36-19-11-5-12-20-36)37-21-13-6-14-22-37/h3-30,40-41,44-47,50H,31H2,1-2H3/t40?,41-/m0/s1. The Labute approximate surface area is 295 Å². The van der Waals surface area contributed by atoms with Crippen molar-refractivity contribution >= 4 is 7.87 Å². The van der Waals surface area contributed by atoms with Gasteiger partial charge >= 0.3 is 296 Å². The number of hydrogen-bond donors (Lipinski definition) is 4. The van der Waals surface area contributed by atoms with Crippen LogP contribution in [0.1, 0.15) is 39.4 Å². The Morgan fingerprint density at radius 3 is 1.32 bits per heavy atom. The van der Waals surface area contributed by atoms with E-state index >= 15 is 0 Å². The van der Waals surface area contributed by atoms with E-state index in [-0.39, 0.29) is 12.1 Å². The number of methoxy groups -OCH3 is 2. The molecule has 2 heterocycles. The van der Waals surface area contributed by atoms with E-state index in [0.717, 1.165) is 17.9 Å². The second kappa shape index (κ2) is 13.5. The van der Waals surface area contributed by atoms with Crippen LogP contribution in [0.2, 0.25) is 0 Å². The van der Waals surface area contributed by atoms with Crippen LogP contribution in [-0.2, 0) is 17.5 Å². The van der Waals surface area contributed by atoms with Gasteiger partial charge in [-0.05, 0) is 0 Å². The van der Waals surface area contributed by atoms with Crippen molar-refractivity contribution in [1.82, 2.24) is 20.3 Å². The topological polar surface area (TPSA) is 66.6 Å². The predicted octanol–water partition coefficient (Wildman–Crippen LogP) is 8.04. The fraction of sp³-hybridized carbons (Fsp3) is 0.163. The predicted molar refractivity (Wildman–Crippen MR) is 204 cm³/mol. The average Bonchev–Trinajstić information content (AvgIpc) is 3.71. The van der Waals surface area contributed by atoms with Crippen molar-refractivity contribution in [3.8, 4) is 11.5 Å². The van der Waals surface area contributed by atoms with Crippen molar-refractivity contribution in [3.05, 3.63) is 203 Å². The summed E-state index contributed by atoms with van der Waals surface area (Å²) in [5.41, 5.74) is 6.02. The molecule has 2 fully saturated rings. The molecule has 1 spiro atoms. The number of hydrogen-bond acceptors (Lipinski definition) is 6. The third kappa shape index (κ3) is 5.60. The van der Waals surface area contributed by atoms with Crippen LogP contribution in [0.15, 0.2) is 170 Å². The van der Waals surface area contributed by atoms with Gasteiger partial charge in [0.2, 0.25) is 0 Å². The van der Waals surface area contributed by atoms with Crippen LogP contribution >= 0.6 is 7.87 Å². The number of ether oxygens (including phenoxy) is 2. The summed E-state index contributed by atoms with van der Waals surface area (Å²) in [6.07, 6.45) is 0.787. The zero-order valence-electron chi connectivity index (χ0n) is 28.3. The van der Waals surface area contributed by atoms with Gasteiger partial charge in [0.15, 0.2) is 0 Å². The average molecular weight is 679 g/mol. The molecule has 6 aromatic rings. The molecule has 6 nitrogen and oxygen atoms in total. The fourth-order valence-corrected chi connectivity index (χ4v) is 12.3. The monoisotopic (exact) mass is 678 g/mol. The van der Waals surface area contributed by atoms with Crippen LogP contribution in [0, 0.1) is 0 Å². The molecule has 0 bridgehead atoms. The Bertz CT molecular complexity index is 1930. The molecule has 4 N–H and O–H groups in total. The SMILES string of the molecule is COc1ccc(CC2N[PH]3(N[C@@H](c4ccc(OC)cc4)C(c4ccccc4)(c4ccccc4)N3)NC2(c2ccccc2)c2ccccc2)cc1. The number of nitrogens with one attached hydrogen (secondary N) is 4. The van der Waals surface area contributed by atoms with E-state index in [1.807, 2.05) is 0 Å². The van der Waals surface area contributed by atoms with Gasteiger partial charge in [-0.15, -0.1) is 0 Å². The van der Waals surface area contributed by atoms with Gasteiger partial charge in [-0.25, -0.2) is 0 Å². The summed E-state index contributed by atoms with van der Waals surface area (Å²) in [5.74, 6) is 1.69. The molecule has 252 valence electrons. The van der Waals surface area contributed by atoms with Crippen molar-refractivity contribution in [2.24, 2.45) is 0 Å². The van der Waals surface area contributed by atoms with E-state index in [4.69, 9.17) is 9.47 Å². The van der Waals surface area contributed by atoms with Crippen LogP contribution in [0.25, 0.3) is 0 Å². The first-order valence-corrected chi connectivity index (χ1v) is 19.2. The van der Waals surface area contributed by atoms with Crippen molar-refractivity contribution in [2.45, 2.75) is 29.6 Å². The van der Waals surface area contributed by atoms with Crippen molar-refractivity contribution < 1.29 is 9.47 Å². The number of rotatable bonds is 9. The first-order chi connectivity index (χ1) is 24.6. The molecule has 2 aliphatic heterocycles. The Kier molecular flexibility index (Phi) is 8.74. The van der Waals surface area contributed by atoms with Gasteiger partial charge in [-0.2, -0.15) is 0 Å². The molecule has 0 radical (unpaired) electrons. The first kappa shape index (κ1) is 32.4. The summed E-state index contributed by atoms with van der Waals surface area (Å²) >= 11 is 0. The molecular weight excluding hydrogens is 635 g/mol. The van der Waals surface area contributed by atoms with E-state index in [2.05, 4.69) is 190 Å². The summed E-state index contributed by atoms with van der Waals surface area (Å²) in [6, 6.07) is 60.4. The molecule has 1 unspecified atom stereocenters. The van der Waals surface area contributed by atoms with Crippen LogP contribution < -0.4 is 29.8 Å². The van der Waals surface area contributed by atoms with Gasteiger partial charge in [-0.1, -0.05) is 0 Å². The Hall–Kier alpha value is -4.81. The minimum absolute atomic E-state index is 0.0220. The van der Waals surface area contributed by atoms with E-state index in [0.29, 0.717) is 0 Å². The van der Waals surface area contributed by atoms with Gasteiger partial charge in [0.25, 0.3) is 0 Å². The minimum atomic E-state index is -3.03. The van der Waals surface area contributed by atoms with Gasteiger partial charge in [-0.3, -0.25) is 0 Å².